The van der Waals surface area contributed by atoms with Crippen LogP contribution in [0.25, 0.3) is 0 Å². The van der Waals surface area contributed by atoms with Crippen LogP contribution >= 0.6 is 11.6 Å². The summed E-state index contributed by atoms with van der Waals surface area (Å²) in [6.07, 6.45) is 0. The molecule has 1 aromatic carbocycles. The molecule has 2 N–H and O–H groups in total. The number of amides is 2. The quantitative estimate of drug-likeness (QED) is 0.786. The normalized spacial score (nSPS) is 11.7. The Bertz CT molecular complexity index is 451. The number of rotatable bonds is 6. The lowest BCUT2D eigenvalue weighted by Gasteiger charge is -2.11. The van der Waals surface area contributed by atoms with Gasteiger partial charge in [-0.15, -0.1) is 11.6 Å². The molecule has 104 valence electrons. The van der Waals surface area contributed by atoms with Gasteiger partial charge in [0.05, 0.1) is 0 Å². The Hall–Kier alpha value is -1.59. The molecule has 1 rings (SSSR count). The van der Waals surface area contributed by atoms with E-state index in [1.54, 1.807) is 31.2 Å². The SMILES string of the molecule is COCC(=O)Nc1cccc(NC(=O)C(C)CCl)c1. The highest BCUT2D eigenvalue weighted by Crippen LogP contribution is 2.16. The zero-order valence-corrected chi connectivity index (χ0v) is 11.7. The lowest BCUT2D eigenvalue weighted by Crippen LogP contribution is -2.21. The predicted molar refractivity (Wildman–Crippen MR) is 75.5 cm³/mol. The van der Waals surface area contributed by atoms with Crippen LogP contribution in [0, 0.1) is 5.92 Å². The molecule has 1 aromatic rings. The molecule has 0 spiro atoms. The van der Waals surface area contributed by atoms with E-state index in [2.05, 4.69) is 10.6 Å². The summed E-state index contributed by atoms with van der Waals surface area (Å²) in [6.45, 7) is 1.73. The Kier molecular flexibility index (Phi) is 6.32. The second-order valence-corrected chi connectivity index (χ2v) is 4.42. The molecule has 5 nitrogen and oxygen atoms in total. The van der Waals surface area contributed by atoms with Crippen LogP contribution < -0.4 is 10.6 Å². The summed E-state index contributed by atoms with van der Waals surface area (Å²) >= 11 is 5.62. The number of halogens is 1. The number of alkyl halides is 1. The van der Waals surface area contributed by atoms with Gasteiger partial charge in [0, 0.05) is 30.3 Å². The lowest BCUT2D eigenvalue weighted by atomic mass is 10.2. The fourth-order valence-electron chi connectivity index (χ4n) is 1.34. The van der Waals surface area contributed by atoms with E-state index in [0.717, 1.165) is 0 Å². The average Bonchev–Trinajstić information content (AvgIpc) is 2.38. The maximum absolute atomic E-state index is 11.7. The van der Waals surface area contributed by atoms with Crippen molar-refractivity contribution in [3.63, 3.8) is 0 Å². The van der Waals surface area contributed by atoms with Crippen molar-refractivity contribution in [1.29, 1.82) is 0 Å². The maximum atomic E-state index is 11.7. The van der Waals surface area contributed by atoms with Gasteiger partial charge in [0.25, 0.3) is 0 Å². The first kappa shape index (κ1) is 15.5. The molecule has 0 aromatic heterocycles. The summed E-state index contributed by atoms with van der Waals surface area (Å²) in [6, 6.07) is 6.88. The molecule has 19 heavy (non-hydrogen) atoms. The molecule has 0 fully saturated rings. The van der Waals surface area contributed by atoms with Crippen LogP contribution in [0.4, 0.5) is 11.4 Å². The zero-order valence-electron chi connectivity index (χ0n) is 10.9. The van der Waals surface area contributed by atoms with Crippen molar-refractivity contribution in [3.05, 3.63) is 24.3 Å². The number of ether oxygens (including phenoxy) is 1. The van der Waals surface area contributed by atoms with Crippen LogP contribution in [-0.4, -0.2) is 31.4 Å². The Balaban J connectivity index is 2.66. The third-order valence-corrected chi connectivity index (χ3v) is 2.83. The minimum atomic E-state index is -0.270. The van der Waals surface area contributed by atoms with E-state index in [-0.39, 0.29) is 30.2 Å². The van der Waals surface area contributed by atoms with Gasteiger partial charge in [-0.05, 0) is 18.2 Å². The number of hydrogen-bond donors (Lipinski definition) is 2. The first-order valence-electron chi connectivity index (χ1n) is 5.82. The highest BCUT2D eigenvalue weighted by molar-refractivity contribution is 6.19. The van der Waals surface area contributed by atoms with Crippen LogP contribution in [0.1, 0.15) is 6.92 Å². The Labute approximate surface area is 117 Å². The molecular weight excluding hydrogens is 268 g/mol. The summed E-state index contributed by atoms with van der Waals surface area (Å²) in [4.78, 5) is 23.0. The molecule has 0 aliphatic rings. The summed E-state index contributed by atoms with van der Waals surface area (Å²) in [7, 11) is 1.45. The largest absolute Gasteiger partial charge is 0.375 e. The summed E-state index contributed by atoms with van der Waals surface area (Å²) in [5.41, 5.74) is 1.20. The van der Waals surface area contributed by atoms with Crippen molar-refractivity contribution in [1.82, 2.24) is 0 Å². The van der Waals surface area contributed by atoms with E-state index >= 15 is 0 Å². The Morgan fingerprint density at radius 2 is 1.95 bits per heavy atom. The first-order valence-corrected chi connectivity index (χ1v) is 6.36. The summed E-state index contributed by atoms with van der Waals surface area (Å²) in [5, 5.41) is 5.39. The van der Waals surface area contributed by atoms with Gasteiger partial charge in [-0.3, -0.25) is 9.59 Å². The topological polar surface area (TPSA) is 67.4 Å². The van der Waals surface area contributed by atoms with Crippen molar-refractivity contribution < 1.29 is 14.3 Å². The molecule has 0 saturated carbocycles. The number of carbonyl (C=O) groups excluding carboxylic acids is 2. The predicted octanol–water partition coefficient (Wildman–Crippen LogP) is 2.08. The monoisotopic (exact) mass is 284 g/mol. The van der Waals surface area contributed by atoms with Crippen molar-refractivity contribution in [2.75, 3.05) is 30.2 Å². The van der Waals surface area contributed by atoms with Crippen LogP contribution in [-0.2, 0) is 14.3 Å². The number of hydrogen-bond acceptors (Lipinski definition) is 3. The molecular formula is C13H17ClN2O3. The molecule has 0 aliphatic heterocycles. The molecule has 1 atom stereocenters. The highest BCUT2D eigenvalue weighted by Gasteiger charge is 2.11. The molecule has 0 saturated heterocycles. The minimum absolute atomic E-state index is 0.0140. The Morgan fingerprint density at radius 1 is 1.32 bits per heavy atom. The smallest absolute Gasteiger partial charge is 0.250 e. The van der Waals surface area contributed by atoms with Gasteiger partial charge < -0.3 is 15.4 Å². The fraction of sp³-hybridized carbons (Fsp3) is 0.385. The van der Waals surface area contributed by atoms with E-state index in [1.807, 2.05) is 0 Å². The van der Waals surface area contributed by atoms with Crippen molar-refractivity contribution in [2.24, 2.45) is 5.92 Å². The zero-order chi connectivity index (χ0) is 14.3. The number of carbonyl (C=O) groups is 2. The van der Waals surface area contributed by atoms with Crippen LogP contribution in [0.5, 0.6) is 0 Å². The van der Waals surface area contributed by atoms with Crippen LogP contribution in [0.2, 0.25) is 0 Å². The van der Waals surface area contributed by atoms with Crippen molar-refractivity contribution in [2.45, 2.75) is 6.92 Å². The van der Waals surface area contributed by atoms with Crippen LogP contribution in [0.15, 0.2) is 24.3 Å². The van der Waals surface area contributed by atoms with E-state index in [1.165, 1.54) is 7.11 Å². The average molecular weight is 285 g/mol. The van der Waals surface area contributed by atoms with Gasteiger partial charge in [0.1, 0.15) is 6.61 Å². The van der Waals surface area contributed by atoms with E-state index < -0.39 is 0 Å². The van der Waals surface area contributed by atoms with Crippen molar-refractivity contribution in [3.8, 4) is 0 Å². The number of benzene rings is 1. The molecule has 2 amide bonds. The van der Waals surface area contributed by atoms with Crippen LogP contribution in [0.3, 0.4) is 0 Å². The summed E-state index contributed by atoms with van der Waals surface area (Å²) < 4.78 is 4.72. The van der Waals surface area contributed by atoms with Gasteiger partial charge in [0.15, 0.2) is 0 Å². The van der Waals surface area contributed by atoms with E-state index in [9.17, 15) is 9.59 Å². The molecule has 0 heterocycles. The Morgan fingerprint density at radius 3 is 2.53 bits per heavy atom. The fourth-order valence-corrected chi connectivity index (χ4v) is 1.48. The molecule has 6 heteroatoms. The van der Waals surface area contributed by atoms with Gasteiger partial charge in [-0.2, -0.15) is 0 Å². The number of anilines is 2. The van der Waals surface area contributed by atoms with Gasteiger partial charge in [0.2, 0.25) is 11.8 Å². The molecule has 0 radical (unpaired) electrons. The molecule has 1 unspecified atom stereocenters. The van der Waals surface area contributed by atoms with E-state index in [0.29, 0.717) is 11.4 Å². The summed E-state index contributed by atoms with van der Waals surface area (Å²) in [5.74, 6) is -0.417. The second kappa shape index (κ2) is 7.76. The standard InChI is InChI=1S/C13H17ClN2O3/c1-9(7-14)13(18)16-11-5-3-4-10(6-11)15-12(17)8-19-2/h3-6,9H,7-8H2,1-2H3,(H,15,17)(H,16,18). The lowest BCUT2D eigenvalue weighted by molar-refractivity contribution is -0.120. The van der Waals surface area contributed by atoms with Crippen molar-refractivity contribution >= 4 is 34.8 Å². The second-order valence-electron chi connectivity index (χ2n) is 4.11. The van der Waals surface area contributed by atoms with Gasteiger partial charge >= 0.3 is 0 Å². The third-order valence-electron chi connectivity index (χ3n) is 2.37. The van der Waals surface area contributed by atoms with E-state index in [4.69, 9.17) is 16.3 Å². The number of methoxy groups -OCH3 is 1. The van der Waals surface area contributed by atoms with Gasteiger partial charge in [-0.1, -0.05) is 13.0 Å². The maximum Gasteiger partial charge on any atom is 0.250 e. The third kappa shape index (κ3) is 5.28. The number of nitrogens with one attached hydrogen (secondary N) is 2. The van der Waals surface area contributed by atoms with Gasteiger partial charge in [-0.25, -0.2) is 0 Å². The minimum Gasteiger partial charge on any atom is -0.375 e. The molecule has 0 bridgehead atoms. The highest BCUT2D eigenvalue weighted by atomic mass is 35.5. The molecule has 0 aliphatic carbocycles. The first-order chi connectivity index (χ1) is 9.06.